The van der Waals surface area contributed by atoms with Crippen molar-refractivity contribution < 1.29 is 19.4 Å². The topological polar surface area (TPSA) is 66.8 Å². The number of nitrogens with zero attached hydrogens (tertiary/aromatic N) is 1. The van der Waals surface area contributed by atoms with Crippen LogP contribution in [0.15, 0.2) is 30.3 Å². The van der Waals surface area contributed by atoms with Crippen LogP contribution in [0.3, 0.4) is 0 Å². The van der Waals surface area contributed by atoms with Gasteiger partial charge in [-0.25, -0.2) is 9.59 Å². The van der Waals surface area contributed by atoms with Gasteiger partial charge in [0.2, 0.25) is 6.23 Å². The molecule has 1 amide bonds. The molecule has 0 bridgehead atoms. The lowest BCUT2D eigenvalue weighted by molar-refractivity contribution is -0.142. The van der Waals surface area contributed by atoms with Gasteiger partial charge in [0.15, 0.2) is 0 Å². The minimum Gasteiger partial charge on any atom is -0.465 e. The first kappa shape index (κ1) is 10.5. The Morgan fingerprint density at radius 3 is 2.56 bits per heavy atom. The summed E-state index contributed by atoms with van der Waals surface area (Å²) < 4.78 is 5.04. The molecule has 0 radical (unpaired) electrons. The molecule has 84 valence electrons. The lowest BCUT2D eigenvalue weighted by Crippen LogP contribution is -2.36. The van der Waals surface area contributed by atoms with Crippen LogP contribution in [0.5, 0.6) is 0 Å². The fraction of sp³-hybridized carbons (Fsp3) is 0.273. The van der Waals surface area contributed by atoms with Gasteiger partial charge < -0.3 is 9.84 Å². The molecule has 16 heavy (non-hydrogen) atoms. The SMILES string of the molecule is CC1C(=O)OC(c2ccccc2)N1C(=O)O. The van der Waals surface area contributed by atoms with Gasteiger partial charge in [-0.1, -0.05) is 30.3 Å². The molecule has 2 unspecified atom stereocenters. The predicted octanol–water partition coefficient (Wildman–Crippen LogP) is 1.61. The second-order valence-corrected chi connectivity index (χ2v) is 3.57. The summed E-state index contributed by atoms with van der Waals surface area (Å²) in [4.78, 5) is 23.4. The molecule has 1 aliphatic heterocycles. The number of carbonyl (C=O) groups is 2. The molecule has 2 rings (SSSR count). The van der Waals surface area contributed by atoms with E-state index in [2.05, 4.69) is 0 Å². The van der Waals surface area contributed by atoms with E-state index in [0.29, 0.717) is 5.56 Å². The molecule has 1 N–H and O–H groups in total. The Labute approximate surface area is 92.2 Å². The Balaban J connectivity index is 2.34. The van der Waals surface area contributed by atoms with Crippen LogP contribution in [-0.2, 0) is 9.53 Å². The Hall–Kier alpha value is -2.04. The number of carbonyl (C=O) groups excluding carboxylic acids is 1. The third-order valence-electron chi connectivity index (χ3n) is 2.54. The number of benzene rings is 1. The van der Waals surface area contributed by atoms with Gasteiger partial charge in [-0.05, 0) is 6.92 Å². The summed E-state index contributed by atoms with van der Waals surface area (Å²) >= 11 is 0. The number of ether oxygens (including phenoxy) is 1. The van der Waals surface area contributed by atoms with Gasteiger partial charge in [0.25, 0.3) is 0 Å². The second kappa shape index (κ2) is 3.84. The van der Waals surface area contributed by atoms with Gasteiger partial charge in [-0.3, -0.25) is 4.90 Å². The minimum absolute atomic E-state index is 0.517. The van der Waals surface area contributed by atoms with Crippen LogP contribution < -0.4 is 0 Å². The number of hydrogen-bond acceptors (Lipinski definition) is 3. The number of cyclic esters (lactones) is 1. The van der Waals surface area contributed by atoms with Crippen LogP contribution in [0, 0.1) is 0 Å². The molecular formula is C11H11NO4. The van der Waals surface area contributed by atoms with E-state index in [1.807, 2.05) is 6.07 Å². The maximum Gasteiger partial charge on any atom is 0.411 e. The fourth-order valence-corrected chi connectivity index (χ4v) is 1.69. The quantitative estimate of drug-likeness (QED) is 0.731. The summed E-state index contributed by atoms with van der Waals surface area (Å²) in [6.07, 6.45) is -1.99. The highest BCUT2D eigenvalue weighted by molar-refractivity contribution is 5.83. The summed E-state index contributed by atoms with van der Waals surface area (Å²) in [6, 6.07) is 8.05. The van der Waals surface area contributed by atoms with Crippen molar-refractivity contribution in [3.8, 4) is 0 Å². The van der Waals surface area contributed by atoms with E-state index in [0.717, 1.165) is 4.90 Å². The molecule has 0 spiro atoms. The predicted molar refractivity (Wildman–Crippen MR) is 54.6 cm³/mol. The van der Waals surface area contributed by atoms with E-state index in [4.69, 9.17) is 9.84 Å². The van der Waals surface area contributed by atoms with Crippen LogP contribution in [-0.4, -0.2) is 28.1 Å². The van der Waals surface area contributed by atoms with Crippen LogP contribution in [0.4, 0.5) is 4.79 Å². The molecule has 2 atom stereocenters. The zero-order valence-electron chi connectivity index (χ0n) is 8.66. The Morgan fingerprint density at radius 1 is 1.38 bits per heavy atom. The first-order valence-corrected chi connectivity index (χ1v) is 4.88. The highest BCUT2D eigenvalue weighted by Crippen LogP contribution is 2.31. The number of amides is 1. The highest BCUT2D eigenvalue weighted by atomic mass is 16.6. The van der Waals surface area contributed by atoms with Crippen molar-refractivity contribution in [3.63, 3.8) is 0 Å². The largest absolute Gasteiger partial charge is 0.465 e. The van der Waals surface area contributed by atoms with E-state index in [1.165, 1.54) is 6.92 Å². The van der Waals surface area contributed by atoms with Gasteiger partial charge in [-0.2, -0.15) is 0 Å². The van der Waals surface area contributed by atoms with Gasteiger partial charge in [0.1, 0.15) is 6.04 Å². The molecule has 1 aliphatic rings. The molecule has 0 saturated carbocycles. The molecule has 0 aliphatic carbocycles. The van der Waals surface area contributed by atoms with E-state index in [1.54, 1.807) is 24.3 Å². The lowest BCUT2D eigenvalue weighted by atomic mass is 10.2. The molecule has 1 aromatic carbocycles. The summed E-state index contributed by atoms with van der Waals surface area (Å²) in [5.41, 5.74) is 0.655. The first-order valence-electron chi connectivity index (χ1n) is 4.88. The van der Waals surface area contributed by atoms with Crippen molar-refractivity contribution in [3.05, 3.63) is 35.9 Å². The second-order valence-electron chi connectivity index (χ2n) is 3.57. The summed E-state index contributed by atoms with van der Waals surface area (Å²) in [7, 11) is 0. The van der Waals surface area contributed by atoms with Crippen LogP contribution in [0.1, 0.15) is 18.7 Å². The van der Waals surface area contributed by atoms with Crippen molar-refractivity contribution in [1.29, 1.82) is 0 Å². The van der Waals surface area contributed by atoms with Crippen molar-refractivity contribution in [2.75, 3.05) is 0 Å². The average molecular weight is 221 g/mol. The molecule has 5 nitrogen and oxygen atoms in total. The highest BCUT2D eigenvalue weighted by Gasteiger charge is 2.43. The fourth-order valence-electron chi connectivity index (χ4n) is 1.69. The molecule has 0 aromatic heterocycles. The first-order chi connectivity index (χ1) is 7.61. The zero-order valence-corrected chi connectivity index (χ0v) is 8.66. The third-order valence-corrected chi connectivity index (χ3v) is 2.54. The van der Waals surface area contributed by atoms with E-state index >= 15 is 0 Å². The molecule has 5 heteroatoms. The van der Waals surface area contributed by atoms with E-state index < -0.39 is 24.3 Å². The smallest absolute Gasteiger partial charge is 0.411 e. The monoisotopic (exact) mass is 221 g/mol. The Kier molecular flexibility index (Phi) is 2.52. The lowest BCUT2D eigenvalue weighted by Gasteiger charge is -2.21. The van der Waals surface area contributed by atoms with Gasteiger partial charge in [0, 0.05) is 5.56 Å². The average Bonchev–Trinajstić information content (AvgIpc) is 2.57. The van der Waals surface area contributed by atoms with Gasteiger partial charge in [-0.15, -0.1) is 0 Å². The summed E-state index contributed by atoms with van der Waals surface area (Å²) in [5.74, 6) is -0.517. The van der Waals surface area contributed by atoms with E-state index in [9.17, 15) is 9.59 Å². The Bertz CT molecular complexity index is 417. The van der Waals surface area contributed by atoms with Gasteiger partial charge >= 0.3 is 12.1 Å². The van der Waals surface area contributed by atoms with Crippen molar-refractivity contribution in [2.24, 2.45) is 0 Å². The maximum atomic E-state index is 11.3. The Morgan fingerprint density at radius 2 is 2.00 bits per heavy atom. The van der Waals surface area contributed by atoms with Crippen LogP contribution in [0.2, 0.25) is 0 Å². The normalized spacial score (nSPS) is 24.3. The minimum atomic E-state index is -1.16. The standard InChI is InChI=1S/C11H11NO4/c1-7-10(13)16-9(12(7)11(14)15)8-5-3-2-4-6-8/h2-7,9H,1H3,(H,14,15). The summed E-state index contributed by atoms with van der Waals surface area (Å²) in [5, 5.41) is 9.03. The number of esters is 1. The van der Waals surface area contributed by atoms with Crippen molar-refractivity contribution >= 4 is 12.1 Å². The number of carboxylic acid groups (broad SMARTS) is 1. The number of rotatable bonds is 1. The third kappa shape index (κ3) is 1.60. The van der Waals surface area contributed by atoms with Gasteiger partial charge in [0.05, 0.1) is 0 Å². The maximum absolute atomic E-state index is 11.3. The molecule has 1 aromatic rings. The zero-order chi connectivity index (χ0) is 11.7. The van der Waals surface area contributed by atoms with Crippen LogP contribution in [0.25, 0.3) is 0 Å². The molecule has 1 saturated heterocycles. The molecule has 1 heterocycles. The molecular weight excluding hydrogens is 210 g/mol. The molecule has 1 fully saturated rings. The van der Waals surface area contributed by atoms with E-state index in [-0.39, 0.29) is 0 Å². The summed E-state index contributed by atoms with van der Waals surface area (Å²) in [6.45, 7) is 1.51. The van der Waals surface area contributed by atoms with Crippen LogP contribution >= 0.6 is 0 Å². The van der Waals surface area contributed by atoms with Crippen molar-refractivity contribution in [2.45, 2.75) is 19.2 Å². The number of hydrogen-bond donors (Lipinski definition) is 1. The van der Waals surface area contributed by atoms with Crippen molar-refractivity contribution in [1.82, 2.24) is 4.90 Å².